The topological polar surface area (TPSA) is 52.7 Å². The first kappa shape index (κ1) is 22.4. The summed E-state index contributed by atoms with van der Waals surface area (Å²) in [6.45, 7) is 12.2. The van der Waals surface area contributed by atoms with Crippen molar-refractivity contribution in [3.05, 3.63) is 69.4 Å². The van der Waals surface area contributed by atoms with Gasteiger partial charge in [0, 0.05) is 22.8 Å². The summed E-state index contributed by atoms with van der Waals surface area (Å²) in [4.78, 5) is 29.2. The van der Waals surface area contributed by atoms with E-state index in [2.05, 4.69) is 57.0 Å². The highest BCUT2D eigenvalue weighted by molar-refractivity contribution is 6.30. The van der Waals surface area contributed by atoms with Gasteiger partial charge in [-0.3, -0.25) is 9.69 Å². The number of hydrogen-bond donors (Lipinski definition) is 1. The fraction of sp³-hybridized carbons (Fsp3) is 0.385. The Hall–Kier alpha value is -2.79. The molecule has 2 aromatic rings. The van der Waals surface area contributed by atoms with Crippen LogP contribution in [0.15, 0.2) is 42.1 Å². The van der Waals surface area contributed by atoms with Crippen LogP contribution in [0, 0.1) is 6.92 Å². The first-order valence-corrected chi connectivity index (χ1v) is 11.5. The van der Waals surface area contributed by atoms with E-state index in [0.717, 1.165) is 29.7 Å². The van der Waals surface area contributed by atoms with Gasteiger partial charge in [-0.2, -0.15) is 0 Å². The highest BCUT2D eigenvalue weighted by Gasteiger charge is 2.36. The zero-order valence-electron chi connectivity index (χ0n) is 19.3. The van der Waals surface area contributed by atoms with Gasteiger partial charge in [-0.25, -0.2) is 4.79 Å². The molecule has 1 fully saturated rings. The van der Waals surface area contributed by atoms with Gasteiger partial charge in [0.1, 0.15) is 5.70 Å². The number of nitrogens with zero attached hydrogens (tertiary/aromatic N) is 2. The van der Waals surface area contributed by atoms with Crippen molar-refractivity contribution in [2.45, 2.75) is 59.0 Å². The van der Waals surface area contributed by atoms with Gasteiger partial charge in [-0.15, -0.1) is 0 Å². The van der Waals surface area contributed by atoms with Crippen molar-refractivity contribution < 1.29 is 9.59 Å². The number of carbonyl (C=O) groups excluding carboxylic acids is 2. The lowest BCUT2D eigenvalue weighted by Gasteiger charge is -2.47. The Morgan fingerprint density at radius 2 is 1.88 bits per heavy atom. The van der Waals surface area contributed by atoms with E-state index in [1.807, 2.05) is 12.1 Å². The van der Waals surface area contributed by atoms with E-state index in [1.54, 1.807) is 18.2 Å². The second-order valence-corrected chi connectivity index (χ2v) is 9.87. The third-order valence-electron chi connectivity index (χ3n) is 6.61. The Balaban J connectivity index is 1.64. The predicted molar refractivity (Wildman–Crippen MR) is 130 cm³/mol. The van der Waals surface area contributed by atoms with E-state index in [4.69, 9.17) is 11.6 Å². The molecule has 3 amide bonds. The number of hydrogen-bond acceptors (Lipinski definition) is 3. The summed E-state index contributed by atoms with van der Waals surface area (Å²) in [5.74, 6) is 0.0993. The van der Waals surface area contributed by atoms with Crippen molar-refractivity contribution in [3.8, 4) is 0 Å². The van der Waals surface area contributed by atoms with E-state index < -0.39 is 6.03 Å². The number of carbonyl (C=O) groups is 2. The van der Waals surface area contributed by atoms with Crippen LogP contribution in [-0.2, 0) is 11.3 Å². The fourth-order valence-electron chi connectivity index (χ4n) is 5.05. The number of halogens is 1. The Morgan fingerprint density at radius 3 is 2.53 bits per heavy atom. The summed E-state index contributed by atoms with van der Waals surface area (Å²) in [5.41, 5.74) is 5.86. The summed E-state index contributed by atoms with van der Waals surface area (Å²) in [5, 5.41) is 3.37. The SMILES string of the molecule is CCN1c2cc(C)c(/C=C3/NC(=O)N(Cc4ccc(Cl)cc4)C3=O)cc2C(C)CC1(C)C. The minimum Gasteiger partial charge on any atom is -0.366 e. The van der Waals surface area contributed by atoms with Gasteiger partial charge in [-0.1, -0.05) is 30.7 Å². The minimum absolute atomic E-state index is 0.102. The zero-order valence-corrected chi connectivity index (χ0v) is 20.1. The van der Waals surface area contributed by atoms with E-state index in [9.17, 15) is 9.59 Å². The number of fused-ring (bicyclic) bond motifs is 1. The Labute approximate surface area is 195 Å². The summed E-state index contributed by atoms with van der Waals surface area (Å²) in [7, 11) is 0. The van der Waals surface area contributed by atoms with Crippen molar-refractivity contribution in [3.63, 3.8) is 0 Å². The van der Waals surface area contributed by atoms with Gasteiger partial charge in [-0.05, 0) is 92.6 Å². The quantitative estimate of drug-likeness (QED) is 0.468. The maximum atomic E-state index is 13.0. The van der Waals surface area contributed by atoms with Gasteiger partial charge >= 0.3 is 6.03 Å². The lowest BCUT2D eigenvalue weighted by molar-refractivity contribution is -0.123. The summed E-state index contributed by atoms with van der Waals surface area (Å²) in [6.07, 6.45) is 2.87. The van der Waals surface area contributed by atoms with Gasteiger partial charge < -0.3 is 10.2 Å². The van der Waals surface area contributed by atoms with Crippen LogP contribution >= 0.6 is 11.6 Å². The van der Waals surface area contributed by atoms with Crippen LogP contribution in [0.3, 0.4) is 0 Å². The number of aryl methyl sites for hydroxylation is 1. The third-order valence-corrected chi connectivity index (χ3v) is 6.86. The van der Waals surface area contributed by atoms with Crippen molar-refractivity contribution in [1.29, 1.82) is 0 Å². The molecule has 0 aromatic heterocycles. The van der Waals surface area contributed by atoms with Crippen LogP contribution in [0.1, 0.15) is 62.3 Å². The highest BCUT2D eigenvalue weighted by Crippen LogP contribution is 2.44. The molecule has 1 unspecified atom stereocenters. The van der Waals surface area contributed by atoms with Crippen LogP contribution in [0.5, 0.6) is 0 Å². The number of amides is 3. The van der Waals surface area contributed by atoms with Gasteiger partial charge in [0.2, 0.25) is 0 Å². The predicted octanol–water partition coefficient (Wildman–Crippen LogP) is 5.85. The molecular formula is C26H30ClN3O2. The van der Waals surface area contributed by atoms with Crippen molar-refractivity contribution >= 4 is 35.3 Å². The molecule has 1 saturated heterocycles. The van der Waals surface area contributed by atoms with E-state index in [-0.39, 0.29) is 18.0 Å². The maximum Gasteiger partial charge on any atom is 0.329 e. The number of nitrogens with one attached hydrogen (secondary N) is 1. The average molecular weight is 452 g/mol. The zero-order chi connectivity index (χ0) is 23.2. The molecule has 32 heavy (non-hydrogen) atoms. The highest BCUT2D eigenvalue weighted by atomic mass is 35.5. The van der Waals surface area contributed by atoms with E-state index >= 15 is 0 Å². The van der Waals surface area contributed by atoms with Crippen molar-refractivity contribution in [1.82, 2.24) is 10.2 Å². The minimum atomic E-state index is -0.404. The van der Waals surface area contributed by atoms with E-state index in [1.165, 1.54) is 16.2 Å². The summed E-state index contributed by atoms with van der Waals surface area (Å²) < 4.78 is 0. The number of anilines is 1. The molecule has 2 heterocycles. The van der Waals surface area contributed by atoms with Crippen molar-refractivity contribution in [2.24, 2.45) is 0 Å². The van der Waals surface area contributed by atoms with Crippen LogP contribution < -0.4 is 10.2 Å². The molecule has 0 bridgehead atoms. The molecule has 0 radical (unpaired) electrons. The first-order valence-electron chi connectivity index (χ1n) is 11.1. The van der Waals surface area contributed by atoms with Gasteiger partial charge in [0.15, 0.2) is 0 Å². The average Bonchev–Trinajstić information content (AvgIpc) is 2.98. The van der Waals surface area contributed by atoms with Crippen LogP contribution in [0.2, 0.25) is 5.02 Å². The Morgan fingerprint density at radius 1 is 1.19 bits per heavy atom. The molecule has 5 nitrogen and oxygen atoms in total. The fourth-order valence-corrected chi connectivity index (χ4v) is 5.17. The molecule has 4 rings (SSSR count). The van der Waals surface area contributed by atoms with Crippen molar-refractivity contribution in [2.75, 3.05) is 11.4 Å². The molecule has 0 saturated carbocycles. The molecule has 6 heteroatoms. The second kappa shape index (κ2) is 8.28. The number of imide groups is 1. The Kier molecular flexibility index (Phi) is 5.80. The third kappa shape index (κ3) is 4.02. The van der Waals surface area contributed by atoms with Crippen LogP contribution in [0.25, 0.3) is 6.08 Å². The molecule has 1 N–H and O–H groups in total. The maximum absolute atomic E-state index is 13.0. The molecule has 1 atom stereocenters. The molecular weight excluding hydrogens is 422 g/mol. The van der Waals surface area contributed by atoms with Gasteiger partial charge in [0.05, 0.1) is 6.54 Å². The number of urea groups is 1. The molecule has 2 aliphatic rings. The number of rotatable bonds is 4. The lowest BCUT2D eigenvalue weighted by atomic mass is 9.79. The molecule has 168 valence electrons. The lowest BCUT2D eigenvalue weighted by Crippen LogP contribution is -2.48. The molecule has 0 aliphatic carbocycles. The van der Waals surface area contributed by atoms with Crippen LogP contribution in [-0.4, -0.2) is 28.9 Å². The summed E-state index contributed by atoms with van der Waals surface area (Å²) in [6, 6.07) is 11.1. The molecule has 0 spiro atoms. The standard InChI is InChI=1S/C26H30ClN3O2/c1-6-30-23-11-16(2)19(12-21(23)17(3)14-26(30,4)5)13-22-24(31)29(25(32)28-22)15-18-7-9-20(27)10-8-18/h7-13,17H,6,14-15H2,1-5H3,(H,28,32)/b22-13+. The number of benzene rings is 2. The van der Waals surface area contributed by atoms with E-state index in [0.29, 0.717) is 16.6 Å². The first-order chi connectivity index (χ1) is 15.1. The molecule has 2 aliphatic heterocycles. The van der Waals surface area contributed by atoms with Crippen LogP contribution in [0.4, 0.5) is 10.5 Å². The molecule has 2 aromatic carbocycles. The van der Waals surface area contributed by atoms with Gasteiger partial charge in [0.25, 0.3) is 5.91 Å². The smallest absolute Gasteiger partial charge is 0.329 e. The second-order valence-electron chi connectivity index (χ2n) is 9.44. The largest absolute Gasteiger partial charge is 0.366 e. The monoisotopic (exact) mass is 451 g/mol. The normalized spacial score (nSPS) is 21.2. The summed E-state index contributed by atoms with van der Waals surface area (Å²) >= 11 is 5.94. The Bertz CT molecular complexity index is 1100.